The molecule has 3 amide bonds. The van der Waals surface area contributed by atoms with Crippen LogP contribution in [0.3, 0.4) is 0 Å². The van der Waals surface area contributed by atoms with Gasteiger partial charge >= 0.3 is 0 Å². The van der Waals surface area contributed by atoms with Crippen molar-refractivity contribution in [3.05, 3.63) is 94.0 Å². The highest BCUT2D eigenvalue weighted by atomic mass is 16.3. The van der Waals surface area contributed by atoms with E-state index in [0.717, 1.165) is 28.8 Å². The fourth-order valence-electron chi connectivity index (χ4n) is 5.03. The number of carbonyl (C=O) groups is 3. The average molecular weight is 483 g/mol. The lowest BCUT2D eigenvalue weighted by Gasteiger charge is -2.38. The third-order valence-electron chi connectivity index (χ3n) is 7.16. The lowest BCUT2D eigenvalue weighted by atomic mass is 9.96. The molecule has 0 saturated carbocycles. The first kappa shape index (κ1) is 22.3. The second kappa shape index (κ2) is 8.80. The lowest BCUT2D eigenvalue weighted by molar-refractivity contribution is 0.0734. The van der Waals surface area contributed by atoms with E-state index in [0.29, 0.717) is 55.1 Å². The molecule has 0 aliphatic carbocycles. The number of anilines is 2. The van der Waals surface area contributed by atoms with Gasteiger partial charge in [0, 0.05) is 60.8 Å². The highest BCUT2D eigenvalue weighted by Crippen LogP contribution is 2.26. The van der Waals surface area contributed by atoms with Gasteiger partial charge in [0.25, 0.3) is 17.7 Å². The van der Waals surface area contributed by atoms with Crippen LogP contribution in [0.2, 0.25) is 0 Å². The van der Waals surface area contributed by atoms with Gasteiger partial charge in [0.15, 0.2) is 0 Å². The molecule has 8 heteroatoms. The van der Waals surface area contributed by atoms with E-state index < -0.39 is 0 Å². The number of fused-ring (bicyclic) bond motifs is 2. The minimum atomic E-state index is -0.276. The van der Waals surface area contributed by atoms with Gasteiger partial charge in [-0.2, -0.15) is 0 Å². The fraction of sp³-hybridized carbons (Fsp3) is 0.250. The van der Waals surface area contributed by atoms with Crippen molar-refractivity contribution < 1.29 is 19.5 Å². The first-order valence-electron chi connectivity index (χ1n) is 12.1. The number of aliphatic hydroxyl groups is 1. The van der Waals surface area contributed by atoms with Crippen LogP contribution < -0.4 is 15.5 Å². The molecule has 36 heavy (non-hydrogen) atoms. The number of benzene rings is 3. The highest BCUT2D eigenvalue weighted by Gasteiger charge is 2.26. The van der Waals surface area contributed by atoms with Crippen LogP contribution in [0, 0.1) is 0 Å². The van der Waals surface area contributed by atoms with Crippen molar-refractivity contribution in [2.45, 2.75) is 25.6 Å². The van der Waals surface area contributed by atoms with Gasteiger partial charge in [-0.25, -0.2) is 0 Å². The maximum absolute atomic E-state index is 13.2. The summed E-state index contributed by atoms with van der Waals surface area (Å²) >= 11 is 0. The Morgan fingerprint density at radius 1 is 0.917 bits per heavy atom. The topological polar surface area (TPSA) is 102 Å². The zero-order chi connectivity index (χ0) is 24.8. The molecular formula is C28H26N4O4. The van der Waals surface area contributed by atoms with Crippen molar-refractivity contribution in [1.82, 2.24) is 10.2 Å². The third-order valence-corrected chi connectivity index (χ3v) is 7.16. The Hall–Kier alpha value is -4.17. The Morgan fingerprint density at radius 2 is 1.67 bits per heavy atom. The monoisotopic (exact) mass is 482 g/mol. The number of nitrogens with one attached hydrogen (secondary N) is 2. The van der Waals surface area contributed by atoms with Crippen LogP contribution in [0.4, 0.5) is 11.4 Å². The molecular weight excluding hydrogens is 456 g/mol. The van der Waals surface area contributed by atoms with E-state index in [4.69, 9.17) is 0 Å². The molecule has 0 unspecified atom stereocenters. The molecule has 3 aliphatic heterocycles. The summed E-state index contributed by atoms with van der Waals surface area (Å²) in [5, 5.41) is 15.2. The number of amides is 3. The minimum Gasteiger partial charge on any atom is -0.389 e. The molecule has 3 heterocycles. The molecule has 0 atom stereocenters. The van der Waals surface area contributed by atoms with Crippen molar-refractivity contribution in [3.63, 3.8) is 0 Å². The van der Waals surface area contributed by atoms with Crippen LogP contribution in [0.5, 0.6) is 0 Å². The molecule has 8 nitrogen and oxygen atoms in total. The normalized spacial score (nSPS) is 16.6. The second-order valence-corrected chi connectivity index (χ2v) is 9.57. The molecule has 3 N–H and O–H groups in total. The Morgan fingerprint density at radius 3 is 2.44 bits per heavy atom. The number of hydrogen-bond donors (Lipinski definition) is 3. The molecule has 3 aromatic rings. The van der Waals surface area contributed by atoms with Crippen molar-refractivity contribution in [1.29, 1.82) is 0 Å². The van der Waals surface area contributed by atoms with Gasteiger partial charge in [-0.1, -0.05) is 12.1 Å². The molecule has 3 aliphatic rings. The van der Waals surface area contributed by atoms with E-state index >= 15 is 0 Å². The molecule has 6 rings (SSSR count). The molecule has 1 saturated heterocycles. The lowest BCUT2D eigenvalue weighted by Crippen LogP contribution is -2.50. The summed E-state index contributed by atoms with van der Waals surface area (Å²) in [6.07, 6.45) is 0.453. The van der Waals surface area contributed by atoms with Crippen molar-refractivity contribution in [2.75, 3.05) is 29.9 Å². The van der Waals surface area contributed by atoms with Crippen LogP contribution >= 0.6 is 0 Å². The Bertz CT molecular complexity index is 1380. The first-order valence-corrected chi connectivity index (χ1v) is 12.1. The molecule has 0 spiro atoms. The van der Waals surface area contributed by atoms with Gasteiger partial charge in [-0.3, -0.25) is 14.4 Å². The van der Waals surface area contributed by atoms with Crippen LogP contribution in [0.1, 0.15) is 47.8 Å². The molecule has 1 fully saturated rings. The summed E-state index contributed by atoms with van der Waals surface area (Å²) in [6, 6.07) is 18.5. The number of carbonyl (C=O) groups excluding carboxylic acids is 3. The minimum absolute atomic E-state index is 0.0397. The SMILES string of the molecule is O=C(Nc1ccc2c(c1)C(=O)NC2)c1ccc2c(c1)CN(C(=O)c1ccc(N3CC(O)C3)cc1)CC2. The van der Waals surface area contributed by atoms with Crippen molar-refractivity contribution >= 4 is 29.1 Å². The number of aliphatic hydroxyl groups excluding tert-OH is 1. The number of β-amino-alcohol motifs (C(OH)–C–C–N with tert-alkyl or cyclic N) is 1. The summed E-state index contributed by atoms with van der Waals surface area (Å²) in [5.74, 6) is -0.429. The van der Waals surface area contributed by atoms with Gasteiger partial charge in [0.05, 0.1) is 6.10 Å². The molecule has 3 aromatic carbocycles. The quantitative estimate of drug-likeness (QED) is 0.531. The highest BCUT2D eigenvalue weighted by molar-refractivity contribution is 6.06. The second-order valence-electron chi connectivity index (χ2n) is 9.57. The summed E-state index contributed by atoms with van der Waals surface area (Å²) in [7, 11) is 0. The Kier molecular flexibility index (Phi) is 5.45. The smallest absolute Gasteiger partial charge is 0.255 e. The van der Waals surface area contributed by atoms with Crippen LogP contribution in [0.15, 0.2) is 60.7 Å². The fourth-order valence-corrected chi connectivity index (χ4v) is 5.03. The summed E-state index contributed by atoms with van der Waals surface area (Å²) in [6.45, 7) is 2.81. The number of rotatable bonds is 4. The van der Waals surface area contributed by atoms with Gasteiger partial charge < -0.3 is 25.5 Å². The zero-order valence-corrected chi connectivity index (χ0v) is 19.7. The standard InChI is InChI=1S/C28H26N4O4/c33-24-15-32(16-24)23-7-4-18(5-8-23)28(36)31-10-9-17-1-2-19(11-21(17)14-31)26(34)30-22-6-3-20-13-29-27(35)25(20)12-22/h1-8,11-12,24,33H,9-10,13-16H2,(H,29,35)(H,30,34). The van der Waals surface area contributed by atoms with Crippen LogP contribution in [-0.4, -0.2) is 53.5 Å². The maximum atomic E-state index is 13.2. The molecule has 182 valence electrons. The van der Waals surface area contributed by atoms with E-state index in [1.807, 2.05) is 47.4 Å². The van der Waals surface area contributed by atoms with Gasteiger partial charge in [0.1, 0.15) is 0 Å². The van der Waals surface area contributed by atoms with E-state index in [1.165, 1.54) is 0 Å². The Balaban J connectivity index is 1.14. The Labute approximate surface area is 208 Å². The number of hydrogen-bond acceptors (Lipinski definition) is 5. The molecule has 0 bridgehead atoms. The van der Waals surface area contributed by atoms with Crippen molar-refractivity contribution in [3.8, 4) is 0 Å². The molecule has 0 radical (unpaired) electrons. The first-order chi connectivity index (χ1) is 17.4. The van der Waals surface area contributed by atoms with Gasteiger partial charge in [-0.15, -0.1) is 0 Å². The van der Waals surface area contributed by atoms with Gasteiger partial charge in [-0.05, 0) is 71.6 Å². The van der Waals surface area contributed by atoms with Crippen molar-refractivity contribution in [2.24, 2.45) is 0 Å². The van der Waals surface area contributed by atoms with Gasteiger partial charge in [0.2, 0.25) is 0 Å². The average Bonchev–Trinajstić information content (AvgIpc) is 3.25. The van der Waals surface area contributed by atoms with E-state index in [-0.39, 0.29) is 23.8 Å². The van der Waals surface area contributed by atoms with Crippen LogP contribution in [-0.2, 0) is 19.5 Å². The summed E-state index contributed by atoms with van der Waals surface area (Å²) in [4.78, 5) is 41.9. The van der Waals surface area contributed by atoms with E-state index in [9.17, 15) is 19.5 Å². The zero-order valence-electron chi connectivity index (χ0n) is 19.7. The number of nitrogens with zero attached hydrogens (tertiary/aromatic N) is 2. The summed E-state index contributed by atoms with van der Waals surface area (Å²) < 4.78 is 0. The maximum Gasteiger partial charge on any atom is 0.255 e. The third kappa shape index (κ3) is 4.09. The largest absolute Gasteiger partial charge is 0.389 e. The molecule has 0 aromatic heterocycles. The predicted molar refractivity (Wildman–Crippen MR) is 135 cm³/mol. The van der Waals surface area contributed by atoms with E-state index in [1.54, 1.807) is 18.2 Å². The summed E-state index contributed by atoms with van der Waals surface area (Å²) in [5.41, 5.74) is 6.31. The predicted octanol–water partition coefficient (Wildman–Crippen LogP) is 2.56. The van der Waals surface area contributed by atoms with E-state index in [2.05, 4.69) is 15.5 Å². The van der Waals surface area contributed by atoms with Crippen LogP contribution in [0.25, 0.3) is 0 Å².